The van der Waals surface area contributed by atoms with Gasteiger partial charge in [0.2, 0.25) is 5.78 Å². The number of hydrogen-bond donors (Lipinski definition) is 2. The Morgan fingerprint density at radius 1 is 1.16 bits per heavy atom. The van der Waals surface area contributed by atoms with Crippen LogP contribution in [-0.4, -0.2) is 26.9 Å². The minimum absolute atomic E-state index is 0.0388. The van der Waals surface area contributed by atoms with Crippen LogP contribution in [0.1, 0.15) is 44.5 Å². The SMILES string of the molecule is CCc1ccc(N2C(=O)C(O)=C(C(=O)c3sc(C)nc3C)C2c2ccc(O)c(Cl)c2)cc1. The zero-order valence-electron chi connectivity index (χ0n) is 17.7. The third-order valence-electron chi connectivity index (χ3n) is 5.47. The van der Waals surface area contributed by atoms with Crippen molar-refractivity contribution in [3.8, 4) is 5.75 Å². The number of aliphatic hydroxyl groups excluding tert-OH is 1. The van der Waals surface area contributed by atoms with Crippen LogP contribution in [0.15, 0.2) is 53.8 Å². The maximum absolute atomic E-state index is 13.5. The summed E-state index contributed by atoms with van der Waals surface area (Å²) < 4.78 is 0. The van der Waals surface area contributed by atoms with E-state index in [1.807, 2.05) is 19.1 Å². The molecule has 0 spiro atoms. The first-order valence-electron chi connectivity index (χ1n) is 10.1. The van der Waals surface area contributed by atoms with Gasteiger partial charge in [0, 0.05) is 5.69 Å². The maximum atomic E-state index is 13.5. The zero-order valence-corrected chi connectivity index (χ0v) is 19.3. The minimum Gasteiger partial charge on any atom is -0.506 e. The smallest absolute Gasteiger partial charge is 0.294 e. The molecule has 0 radical (unpaired) electrons. The number of halogens is 1. The second-order valence-corrected chi connectivity index (χ2v) is 9.16. The first-order valence-corrected chi connectivity index (χ1v) is 11.2. The fourth-order valence-corrected chi connectivity index (χ4v) is 4.93. The number of rotatable bonds is 5. The molecule has 1 atom stereocenters. The van der Waals surface area contributed by atoms with Crippen LogP contribution >= 0.6 is 22.9 Å². The van der Waals surface area contributed by atoms with Crippen LogP contribution in [0.3, 0.4) is 0 Å². The van der Waals surface area contributed by atoms with Crippen LogP contribution < -0.4 is 4.90 Å². The van der Waals surface area contributed by atoms with Gasteiger partial charge in [-0.1, -0.05) is 36.7 Å². The van der Waals surface area contributed by atoms with E-state index in [0.717, 1.165) is 12.0 Å². The second-order valence-electron chi connectivity index (χ2n) is 7.55. The number of carbonyl (C=O) groups is 2. The lowest BCUT2D eigenvalue weighted by Gasteiger charge is -2.27. The molecule has 1 unspecified atom stereocenters. The van der Waals surface area contributed by atoms with Gasteiger partial charge in [0.25, 0.3) is 5.91 Å². The summed E-state index contributed by atoms with van der Waals surface area (Å²) in [5.41, 5.74) is 2.62. The summed E-state index contributed by atoms with van der Waals surface area (Å²) in [4.78, 5) is 32.8. The number of carbonyl (C=O) groups excluding carboxylic acids is 2. The Kier molecular flexibility index (Phi) is 5.79. The molecule has 0 aliphatic carbocycles. The van der Waals surface area contributed by atoms with Crippen LogP contribution in [0.25, 0.3) is 0 Å². The highest BCUT2D eigenvalue weighted by atomic mass is 35.5. The highest BCUT2D eigenvalue weighted by molar-refractivity contribution is 7.14. The van der Waals surface area contributed by atoms with Gasteiger partial charge in [0.1, 0.15) is 5.75 Å². The molecule has 0 bridgehead atoms. The van der Waals surface area contributed by atoms with Crippen molar-refractivity contribution in [2.24, 2.45) is 0 Å². The van der Waals surface area contributed by atoms with Crippen LogP contribution in [0.5, 0.6) is 5.75 Å². The zero-order chi connectivity index (χ0) is 23.2. The predicted octanol–water partition coefficient (Wildman–Crippen LogP) is 5.46. The Morgan fingerprint density at radius 3 is 2.41 bits per heavy atom. The van der Waals surface area contributed by atoms with Gasteiger partial charge in [0.15, 0.2) is 5.76 Å². The molecule has 2 heterocycles. The number of nitrogens with zero attached hydrogens (tertiary/aromatic N) is 2. The summed E-state index contributed by atoms with van der Waals surface area (Å²) in [5.74, 6) is -1.85. The summed E-state index contributed by atoms with van der Waals surface area (Å²) >= 11 is 7.36. The maximum Gasteiger partial charge on any atom is 0.294 e. The molecular weight excluding hydrogens is 448 g/mol. The number of Topliss-reactive ketones (excluding diaryl/α,β-unsaturated/α-hetero) is 1. The molecule has 164 valence electrons. The van der Waals surface area contributed by atoms with Gasteiger partial charge >= 0.3 is 0 Å². The molecule has 2 aromatic carbocycles. The Morgan fingerprint density at radius 2 is 1.84 bits per heavy atom. The lowest BCUT2D eigenvalue weighted by molar-refractivity contribution is -0.117. The van der Waals surface area contributed by atoms with Gasteiger partial charge in [-0.25, -0.2) is 4.98 Å². The number of aromatic nitrogens is 1. The summed E-state index contributed by atoms with van der Waals surface area (Å²) in [6.45, 7) is 5.54. The van der Waals surface area contributed by atoms with Crippen molar-refractivity contribution in [2.45, 2.75) is 33.2 Å². The topological polar surface area (TPSA) is 90.7 Å². The lowest BCUT2D eigenvalue weighted by atomic mass is 9.94. The van der Waals surface area contributed by atoms with Crippen LogP contribution in [0.4, 0.5) is 5.69 Å². The number of aliphatic hydroxyl groups is 1. The minimum atomic E-state index is -0.914. The number of ketones is 1. The van der Waals surface area contributed by atoms with Crippen molar-refractivity contribution < 1.29 is 19.8 Å². The number of amides is 1. The van der Waals surface area contributed by atoms with E-state index in [4.69, 9.17) is 11.6 Å². The molecule has 0 saturated carbocycles. The number of benzene rings is 2. The van der Waals surface area contributed by atoms with E-state index >= 15 is 0 Å². The highest BCUT2D eigenvalue weighted by Gasteiger charge is 2.45. The number of thiazole rings is 1. The number of anilines is 1. The van der Waals surface area contributed by atoms with Gasteiger partial charge < -0.3 is 10.2 Å². The van der Waals surface area contributed by atoms with Crippen molar-refractivity contribution >= 4 is 40.3 Å². The average molecular weight is 469 g/mol. The molecule has 3 aromatic rings. The summed E-state index contributed by atoms with van der Waals surface area (Å²) in [6.07, 6.45) is 0.836. The first kappa shape index (κ1) is 22.0. The van der Waals surface area contributed by atoms with Gasteiger partial charge in [-0.3, -0.25) is 14.5 Å². The van der Waals surface area contributed by atoms with Crippen LogP contribution in [-0.2, 0) is 11.2 Å². The van der Waals surface area contributed by atoms with Crippen LogP contribution in [0, 0.1) is 13.8 Å². The molecule has 8 heteroatoms. The molecule has 4 rings (SSSR count). The van der Waals surface area contributed by atoms with E-state index in [-0.39, 0.29) is 16.3 Å². The standard InChI is InChI=1S/C24H21ClN2O4S/c1-4-14-5-8-16(9-6-14)27-20(15-7-10-18(28)17(25)11-15)19(22(30)24(27)31)21(29)23-12(2)26-13(3)32-23/h5-11,20,28,30H,4H2,1-3H3. The molecule has 1 aliphatic rings. The fraction of sp³-hybridized carbons (Fsp3) is 0.208. The monoisotopic (exact) mass is 468 g/mol. The molecular formula is C24H21ClN2O4S. The molecule has 1 aliphatic heterocycles. The van der Waals surface area contributed by atoms with Gasteiger partial charge in [0.05, 0.1) is 32.2 Å². The van der Waals surface area contributed by atoms with E-state index in [1.165, 1.54) is 28.4 Å². The van der Waals surface area contributed by atoms with Gasteiger partial charge in [-0.15, -0.1) is 11.3 Å². The highest BCUT2D eigenvalue weighted by Crippen LogP contribution is 2.44. The summed E-state index contributed by atoms with van der Waals surface area (Å²) in [7, 11) is 0. The van der Waals surface area contributed by atoms with Gasteiger partial charge in [-0.05, 0) is 55.7 Å². The molecule has 0 fully saturated rings. The number of aromatic hydroxyl groups is 1. The van der Waals surface area contributed by atoms with E-state index in [0.29, 0.717) is 26.8 Å². The quantitative estimate of drug-likeness (QED) is 0.485. The van der Waals surface area contributed by atoms with Crippen molar-refractivity contribution in [3.05, 3.63) is 85.5 Å². The predicted molar refractivity (Wildman–Crippen MR) is 125 cm³/mol. The van der Waals surface area contributed by atoms with Crippen molar-refractivity contribution in [1.82, 2.24) is 4.98 Å². The first-order chi connectivity index (χ1) is 15.2. The largest absolute Gasteiger partial charge is 0.506 e. The summed E-state index contributed by atoms with van der Waals surface area (Å²) in [5, 5.41) is 21.5. The second kappa shape index (κ2) is 8.41. The number of phenols is 1. The molecule has 1 aromatic heterocycles. The van der Waals surface area contributed by atoms with E-state index < -0.39 is 23.5 Å². The number of hydrogen-bond acceptors (Lipinski definition) is 6. The van der Waals surface area contributed by atoms with Crippen molar-refractivity contribution in [3.63, 3.8) is 0 Å². The number of aryl methyl sites for hydroxylation is 3. The Balaban J connectivity index is 1.89. The summed E-state index contributed by atoms with van der Waals surface area (Å²) in [6, 6.07) is 10.9. The third kappa shape index (κ3) is 3.67. The van der Waals surface area contributed by atoms with E-state index in [2.05, 4.69) is 4.98 Å². The average Bonchev–Trinajstić information content (AvgIpc) is 3.25. The molecule has 0 saturated heterocycles. The van der Waals surface area contributed by atoms with Gasteiger partial charge in [-0.2, -0.15) is 0 Å². The van der Waals surface area contributed by atoms with Crippen LogP contribution in [0.2, 0.25) is 5.02 Å². The molecule has 1 amide bonds. The van der Waals surface area contributed by atoms with Crippen molar-refractivity contribution in [2.75, 3.05) is 4.90 Å². The van der Waals surface area contributed by atoms with Crippen molar-refractivity contribution in [1.29, 1.82) is 0 Å². The fourth-order valence-electron chi connectivity index (χ4n) is 3.87. The normalized spacial score (nSPS) is 16.2. The molecule has 6 nitrogen and oxygen atoms in total. The Bertz CT molecular complexity index is 1260. The lowest BCUT2D eigenvalue weighted by Crippen LogP contribution is -2.31. The molecule has 2 N–H and O–H groups in total. The number of phenolic OH excluding ortho intramolecular Hbond substituents is 1. The van der Waals surface area contributed by atoms with E-state index in [1.54, 1.807) is 32.0 Å². The van der Waals surface area contributed by atoms with E-state index in [9.17, 15) is 19.8 Å². The Labute approximate surface area is 194 Å². The molecule has 32 heavy (non-hydrogen) atoms. The third-order valence-corrected chi connectivity index (χ3v) is 6.85. The Hall–Kier alpha value is -3.16.